The molecule has 3 nitrogen and oxygen atoms in total. The van der Waals surface area contributed by atoms with Crippen LogP contribution in [0.15, 0.2) is 42.5 Å². The molecule has 1 unspecified atom stereocenters. The van der Waals surface area contributed by atoms with E-state index in [-0.39, 0.29) is 18.0 Å². The highest BCUT2D eigenvalue weighted by atomic mass is 19.4. The van der Waals surface area contributed by atoms with Crippen molar-refractivity contribution >= 4 is 11.6 Å². The van der Waals surface area contributed by atoms with Crippen molar-refractivity contribution in [3.8, 4) is 0 Å². The molecule has 1 amide bonds. The van der Waals surface area contributed by atoms with Gasteiger partial charge in [0.15, 0.2) is 0 Å². The lowest BCUT2D eigenvalue weighted by molar-refractivity contribution is -0.138. The number of alkyl halides is 3. The number of rotatable bonds is 3. The van der Waals surface area contributed by atoms with Crippen LogP contribution in [0.5, 0.6) is 0 Å². The fourth-order valence-electron chi connectivity index (χ4n) is 3.35. The predicted molar refractivity (Wildman–Crippen MR) is 89.8 cm³/mol. The smallest absolute Gasteiger partial charge is 0.399 e. The topological polar surface area (TPSA) is 55.1 Å². The average Bonchev–Trinajstić information content (AvgIpc) is 2.54. The molecule has 0 saturated heterocycles. The Morgan fingerprint density at radius 3 is 2.72 bits per heavy atom. The van der Waals surface area contributed by atoms with Crippen LogP contribution in [0.25, 0.3) is 0 Å². The standard InChI is InChI=1S/C19H19F3N2O/c20-19(21,22)16-6-2-1-4-13(16)11-18(25)24-17-7-3-5-12-10-14(23)8-9-15(12)17/h1-2,4,6,8-10,17H,3,5,7,11,23H2,(H,24,25). The Kier molecular flexibility index (Phi) is 4.70. The summed E-state index contributed by atoms with van der Waals surface area (Å²) < 4.78 is 39.1. The van der Waals surface area contributed by atoms with Crippen molar-refractivity contribution < 1.29 is 18.0 Å². The fraction of sp³-hybridized carbons (Fsp3) is 0.316. The Balaban J connectivity index is 1.75. The Morgan fingerprint density at radius 2 is 1.96 bits per heavy atom. The minimum absolute atomic E-state index is 0.0131. The van der Waals surface area contributed by atoms with Crippen molar-refractivity contribution in [1.29, 1.82) is 0 Å². The van der Waals surface area contributed by atoms with Crippen molar-refractivity contribution in [2.75, 3.05) is 5.73 Å². The number of aryl methyl sites for hydroxylation is 1. The van der Waals surface area contributed by atoms with Gasteiger partial charge in [-0.25, -0.2) is 0 Å². The fourth-order valence-corrected chi connectivity index (χ4v) is 3.35. The SMILES string of the molecule is Nc1ccc2c(c1)CCCC2NC(=O)Cc1ccccc1C(F)(F)F. The van der Waals surface area contributed by atoms with E-state index in [4.69, 9.17) is 5.73 Å². The second-order valence-electron chi connectivity index (χ2n) is 6.30. The van der Waals surface area contributed by atoms with E-state index < -0.39 is 17.6 Å². The quantitative estimate of drug-likeness (QED) is 0.823. The molecule has 0 saturated carbocycles. The Hall–Kier alpha value is -2.50. The highest BCUT2D eigenvalue weighted by Crippen LogP contribution is 2.33. The summed E-state index contributed by atoms with van der Waals surface area (Å²) in [5.41, 5.74) is 7.78. The molecule has 3 N–H and O–H groups in total. The lowest BCUT2D eigenvalue weighted by Gasteiger charge is -2.27. The molecule has 0 spiro atoms. The van der Waals surface area contributed by atoms with Gasteiger partial charge in [-0.1, -0.05) is 24.3 Å². The van der Waals surface area contributed by atoms with Crippen molar-refractivity contribution in [3.05, 3.63) is 64.7 Å². The number of amides is 1. The molecule has 2 aromatic rings. The summed E-state index contributed by atoms with van der Waals surface area (Å²) >= 11 is 0. The molecule has 132 valence electrons. The molecule has 1 atom stereocenters. The molecule has 1 aliphatic rings. The molecule has 1 aliphatic carbocycles. The summed E-state index contributed by atoms with van der Waals surface area (Å²) in [6, 6.07) is 10.6. The Morgan fingerprint density at radius 1 is 1.20 bits per heavy atom. The number of halogens is 3. The van der Waals surface area contributed by atoms with Gasteiger partial charge >= 0.3 is 6.18 Å². The van der Waals surface area contributed by atoms with Gasteiger partial charge in [0.25, 0.3) is 0 Å². The first-order chi connectivity index (χ1) is 11.8. The third-order valence-corrected chi connectivity index (χ3v) is 4.49. The minimum atomic E-state index is -4.47. The van der Waals surface area contributed by atoms with Crippen molar-refractivity contribution in [2.24, 2.45) is 0 Å². The minimum Gasteiger partial charge on any atom is -0.399 e. The Labute approximate surface area is 144 Å². The zero-order valence-corrected chi connectivity index (χ0v) is 13.6. The molecule has 3 rings (SSSR count). The van der Waals surface area contributed by atoms with Gasteiger partial charge < -0.3 is 11.1 Å². The summed E-state index contributed by atoms with van der Waals surface area (Å²) in [6.07, 6.45) is -2.20. The van der Waals surface area contributed by atoms with E-state index in [9.17, 15) is 18.0 Å². The maximum atomic E-state index is 13.0. The molecular weight excluding hydrogens is 329 g/mol. The van der Waals surface area contributed by atoms with Crippen LogP contribution in [0.4, 0.5) is 18.9 Å². The summed E-state index contributed by atoms with van der Waals surface area (Å²) in [5.74, 6) is -0.411. The van der Waals surface area contributed by atoms with Gasteiger partial charge in [0.05, 0.1) is 18.0 Å². The number of hydrogen-bond donors (Lipinski definition) is 2. The second-order valence-corrected chi connectivity index (χ2v) is 6.30. The number of nitrogens with two attached hydrogens (primary N) is 1. The molecule has 0 heterocycles. The van der Waals surface area contributed by atoms with Gasteiger partial charge in [-0.05, 0) is 54.2 Å². The third kappa shape index (κ3) is 3.95. The summed E-state index contributed by atoms with van der Waals surface area (Å²) in [7, 11) is 0. The number of nitrogen functional groups attached to an aromatic ring is 1. The summed E-state index contributed by atoms with van der Waals surface area (Å²) in [6.45, 7) is 0. The molecule has 0 fully saturated rings. The van der Waals surface area contributed by atoms with Crippen LogP contribution in [-0.2, 0) is 23.8 Å². The summed E-state index contributed by atoms with van der Waals surface area (Å²) in [5, 5.41) is 2.87. The van der Waals surface area contributed by atoms with E-state index in [1.54, 1.807) is 6.07 Å². The number of carbonyl (C=O) groups excluding carboxylic acids is 1. The van der Waals surface area contributed by atoms with Crippen LogP contribution in [0.1, 0.15) is 41.1 Å². The van der Waals surface area contributed by atoms with E-state index in [1.807, 2.05) is 12.1 Å². The van der Waals surface area contributed by atoms with Gasteiger partial charge in [-0.3, -0.25) is 4.79 Å². The largest absolute Gasteiger partial charge is 0.416 e. The maximum absolute atomic E-state index is 13.0. The Bertz CT molecular complexity index is 786. The lowest BCUT2D eigenvalue weighted by atomic mass is 9.87. The highest BCUT2D eigenvalue weighted by molar-refractivity contribution is 5.79. The summed E-state index contributed by atoms with van der Waals surface area (Å²) in [4.78, 5) is 12.3. The average molecular weight is 348 g/mol. The first kappa shape index (κ1) is 17.3. The number of fused-ring (bicyclic) bond motifs is 1. The van der Waals surface area contributed by atoms with Crippen LogP contribution in [0.3, 0.4) is 0 Å². The molecule has 0 bridgehead atoms. The third-order valence-electron chi connectivity index (χ3n) is 4.49. The van der Waals surface area contributed by atoms with Gasteiger partial charge in [0.1, 0.15) is 0 Å². The molecule has 25 heavy (non-hydrogen) atoms. The van der Waals surface area contributed by atoms with Crippen LogP contribution < -0.4 is 11.1 Å². The monoisotopic (exact) mass is 348 g/mol. The van der Waals surface area contributed by atoms with E-state index in [0.717, 1.165) is 36.5 Å². The van der Waals surface area contributed by atoms with Gasteiger partial charge in [-0.15, -0.1) is 0 Å². The van der Waals surface area contributed by atoms with Crippen molar-refractivity contribution in [2.45, 2.75) is 37.9 Å². The first-order valence-electron chi connectivity index (χ1n) is 8.17. The van der Waals surface area contributed by atoms with Gasteiger partial charge in [0.2, 0.25) is 5.91 Å². The number of benzene rings is 2. The van der Waals surface area contributed by atoms with Crippen molar-refractivity contribution in [1.82, 2.24) is 5.32 Å². The second kappa shape index (κ2) is 6.78. The predicted octanol–water partition coefficient (Wildman–Crippen LogP) is 4.02. The molecule has 6 heteroatoms. The van der Waals surface area contributed by atoms with E-state index >= 15 is 0 Å². The zero-order valence-electron chi connectivity index (χ0n) is 13.6. The van der Waals surface area contributed by atoms with Crippen LogP contribution in [0, 0.1) is 0 Å². The highest BCUT2D eigenvalue weighted by Gasteiger charge is 2.33. The van der Waals surface area contributed by atoms with Gasteiger partial charge in [0, 0.05) is 5.69 Å². The molecular formula is C19H19F3N2O. The van der Waals surface area contributed by atoms with E-state index in [0.29, 0.717) is 5.69 Å². The first-order valence-corrected chi connectivity index (χ1v) is 8.17. The van der Waals surface area contributed by atoms with Crippen LogP contribution >= 0.6 is 0 Å². The van der Waals surface area contributed by atoms with E-state index in [2.05, 4.69) is 5.32 Å². The lowest BCUT2D eigenvalue weighted by Crippen LogP contribution is -2.32. The molecule has 0 aromatic heterocycles. The zero-order chi connectivity index (χ0) is 18.0. The normalized spacial score (nSPS) is 17.0. The van der Waals surface area contributed by atoms with Gasteiger partial charge in [-0.2, -0.15) is 13.2 Å². The number of hydrogen-bond acceptors (Lipinski definition) is 2. The molecule has 0 radical (unpaired) electrons. The molecule has 0 aliphatic heterocycles. The molecule has 2 aromatic carbocycles. The number of carbonyl (C=O) groups is 1. The van der Waals surface area contributed by atoms with Crippen LogP contribution in [-0.4, -0.2) is 5.91 Å². The maximum Gasteiger partial charge on any atom is 0.416 e. The number of nitrogens with one attached hydrogen (secondary N) is 1. The van der Waals surface area contributed by atoms with E-state index in [1.165, 1.54) is 18.2 Å². The van der Waals surface area contributed by atoms with Crippen molar-refractivity contribution in [3.63, 3.8) is 0 Å². The van der Waals surface area contributed by atoms with Crippen LogP contribution in [0.2, 0.25) is 0 Å². The number of anilines is 1.